The summed E-state index contributed by atoms with van der Waals surface area (Å²) in [6.45, 7) is 4.70. The maximum Gasteiger partial charge on any atom is 0.417 e. The van der Waals surface area contributed by atoms with Crippen LogP contribution in [0.3, 0.4) is 0 Å². The SMILES string of the molecule is C=C(CNC1CC1)CSc1ccc(C(F)(F)F)cn1. The van der Waals surface area contributed by atoms with Crippen LogP contribution in [0.15, 0.2) is 35.5 Å². The van der Waals surface area contributed by atoms with Crippen LogP contribution in [-0.2, 0) is 6.18 Å². The van der Waals surface area contributed by atoms with E-state index >= 15 is 0 Å². The largest absolute Gasteiger partial charge is 0.417 e. The molecule has 0 amide bonds. The lowest BCUT2D eigenvalue weighted by Gasteiger charge is -2.08. The normalized spacial score (nSPS) is 15.5. The standard InChI is InChI=1S/C13H15F3N2S/c1-9(6-17-11-3-4-11)8-19-12-5-2-10(7-18-12)13(14,15)16/h2,5,7,11,17H,1,3-4,6,8H2. The molecule has 1 heterocycles. The minimum Gasteiger partial charge on any atom is -0.310 e. The van der Waals surface area contributed by atoms with Crippen LogP contribution in [-0.4, -0.2) is 23.3 Å². The van der Waals surface area contributed by atoms with Gasteiger partial charge in [0.2, 0.25) is 0 Å². The van der Waals surface area contributed by atoms with Gasteiger partial charge in [0.15, 0.2) is 0 Å². The van der Waals surface area contributed by atoms with Crippen LogP contribution in [0.2, 0.25) is 0 Å². The maximum atomic E-state index is 12.3. The van der Waals surface area contributed by atoms with E-state index in [1.54, 1.807) is 0 Å². The van der Waals surface area contributed by atoms with E-state index in [2.05, 4.69) is 16.9 Å². The molecule has 2 rings (SSSR count). The summed E-state index contributed by atoms with van der Waals surface area (Å²) >= 11 is 1.40. The highest BCUT2D eigenvalue weighted by Gasteiger charge is 2.30. The molecule has 0 spiro atoms. The van der Waals surface area contributed by atoms with Crippen LogP contribution < -0.4 is 5.32 Å². The second-order valence-electron chi connectivity index (χ2n) is 4.58. The van der Waals surface area contributed by atoms with Crippen molar-refractivity contribution < 1.29 is 13.2 Å². The molecule has 1 aliphatic rings. The van der Waals surface area contributed by atoms with E-state index in [0.717, 1.165) is 24.4 Å². The Morgan fingerprint density at radius 3 is 2.68 bits per heavy atom. The molecule has 2 nitrogen and oxygen atoms in total. The average Bonchev–Trinajstić information content (AvgIpc) is 3.17. The number of rotatable bonds is 6. The van der Waals surface area contributed by atoms with Crippen molar-refractivity contribution in [1.82, 2.24) is 10.3 Å². The molecule has 1 aromatic rings. The number of hydrogen-bond donors (Lipinski definition) is 1. The Morgan fingerprint density at radius 2 is 2.16 bits per heavy atom. The number of hydrogen-bond acceptors (Lipinski definition) is 3. The van der Waals surface area contributed by atoms with E-state index in [-0.39, 0.29) is 0 Å². The molecule has 6 heteroatoms. The topological polar surface area (TPSA) is 24.9 Å². The fraction of sp³-hybridized carbons (Fsp3) is 0.462. The monoisotopic (exact) mass is 288 g/mol. The zero-order valence-electron chi connectivity index (χ0n) is 10.3. The molecule has 0 bridgehead atoms. The number of pyridine rings is 1. The molecule has 0 aromatic carbocycles. The van der Waals surface area contributed by atoms with Gasteiger partial charge in [-0.05, 0) is 25.0 Å². The molecule has 0 radical (unpaired) electrons. The molecule has 1 saturated carbocycles. The Morgan fingerprint density at radius 1 is 1.42 bits per heavy atom. The maximum absolute atomic E-state index is 12.3. The molecular formula is C13H15F3N2S. The highest BCUT2D eigenvalue weighted by molar-refractivity contribution is 7.99. The van der Waals surface area contributed by atoms with Crippen LogP contribution in [0.4, 0.5) is 13.2 Å². The Labute approximate surface area is 114 Å². The number of nitrogens with zero attached hydrogens (tertiary/aromatic N) is 1. The van der Waals surface area contributed by atoms with Gasteiger partial charge in [-0.1, -0.05) is 12.2 Å². The van der Waals surface area contributed by atoms with Crippen molar-refractivity contribution in [3.05, 3.63) is 36.0 Å². The Kier molecular flexibility index (Phi) is 4.52. The summed E-state index contributed by atoms with van der Waals surface area (Å²) < 4.78 is 37.0. The second-order valence-corrected chi connectivity index (χ2v) is 5.57. The third kappa shape index (κ3) is 4.87. The predicted molar refractivity (Wildman–Crippen MR) is 70.1 cm³/mol. The van der Waals surface area contributed by atoms with Crippen molar-refractivity contribution in [2.45, 2.75) is 30.1 Å². The summed E-state index contributed by atoms with van der Waals surface area (Å²) in [5, 5.41) is 3.92. The Balaban J connectivity index is 1.77. The molecule has 0 saturated heterocycles. The van der Waals surface area contributed by atoms with Crippen LogP contribution in [0.1, 0.15) is 18.4 Å². The highest BCUT2D eigenvalue weighted by Crippen LogP contribution is 2.29. The molecule has 19 heavy (non-hydrogen) atoms. The summed E-state index contributed by atoms with van der Waals surface area (Å²) in [5.74, 6) is 0.665. The molecule has 0 aliphatic heterocycles. The molecular weight excluding hydrogens is 273 g/mol. The third-order valence-corrected chi connectivity index (χ3v) is 3.80. The number of aromatic nitrogens is 1. The summed E-state index contributed by atoms with van der Waals surface area (Å²) in [5.41, 5.74) is 0.310. The van der Waals surface area contributed by atoms with Gasteiger partial charge in [-0.3, -0.25) is 0 Å². The zero-order chi connectivity index (χ0) is 13.9. The van der Waals surface area contributed by atoms with Gasteiger partial charge in [-0.2, -0.15) is 13.2 Å². The van der Waals surface area contributed by atoms with Gasteiger partial charge in [-0.15, -0.1) is 11.8 Å². The van der Waals surface area contributed by atoms with Crippen LogP contribution in [0.25, 0.3) is 0 Å². The zero-order valence-corrected chi connectivity index (χ0v) is 11.2. The first-order valence-corrected chi connectivity index (χ1v) is 7.00. The number of halogens is 3. The van der Waals surface area contributed by atoms with Gasteiger partial charge in [0.05, 0.1) is 10.6 Å². The number of alkyl halides is 3. The van der Waals surface area contributed by atoms with Crippen LogP contribution >= 0.6 is 11.8 Å². The minimum absolute atomic E-state index is 0.584. The lowest BCUT2D eigenvalue weighted by Crippen LogP contribution is -2.19. The molecule has 1 aromatic heterocycles. The fourth-order valence-corrected chi connectivity index (χ4v) is 2.18. The highest BCUT2D eigenvalue weighted by atomic mass is 32.2. The van der Waals surface area contributed by atoms with E-state index in [0.29, 0.717) is 16.8 Å². The lowest BCUT2D eigenvalue weighted by molar-refractivity contribution is -0.137. The van der Waals surface area contributed by atoms with E-state index in [4.69, 9.17) is 0 Å². The summed E-state index contributed by atoms with van der Waals surface area (Å²) in [7, 11) is 0. The smallest absolute Gasteiger partial charge is 0.310 e. The Hall–Kier alpha value is -1.01. The van der Waals surface area contributed by atoms with Crippen LogP contribution in [0, 0.1) is 0 Å². The van der Waals surface area contributed by atoms with Gasteiger partial charge in [-0.25, -0.2) is 4.98 Å². The molecule has 1 N–H and O–H groups in total. The number of nitrogens with one attached hydrogen (secondary N) is 1. The molecule has 1 fully saturated rings. The molecule has 0 unspecified atom stereocenters. The summed E-state index contributed by atoms with van der Waals surface area (Å²) in [6.07, 6.45) is -1.01. The van der Waals surface area contributed by atoms with Crippen LogP contribution in [0.5, 0.6) is 0 Å². The fourth-order valence-electron chi connectivity index (χ4n) is 1.44. The van der Waals surface area contributed by atoms with Gasteiger partial charge in [0.1, 0.15) is 0 Å². The van der Waals surface area contributed by atoms with Gasteiger partial charge in [0, 0.05) is 24.5 Å². The van der Waals surface area contributed by atoms with Crippen molar-refractivity contribution in [3.63, 3.8) is 0 Å². The van der Waals surface area contributed by atoms with Crippen molar-refractivity contribution in [1.29, 1.82) is 0 Å². The van der Waals surface area contributed by atoms with E-state index in [9.17, 15) is 13.2 Å². The first-order chi connectivity index (χ1) is 8.95. The van der Waals surface area contributed by atoms with Crippen molar-refractivity contribution in [2.24, 2.45) is 0 Å². The quantitative estimate of drug-likeness (QED) is 0.640. The Bertz CT molecular complexity index is 438. The summed E-state index contributed by atoms with van der Waals surface area (Å²) in [4.78, 5) is 3.81. The second kappa shape index (κ2) is 5.96. The van der Waals surface area contributed by atoms with E-state index in [1.165, 1.54) is 30.7 Å². The first kappa shape index (κ1) is 14.4. The molecule has 1 aliphatic carbocycles. The predicted octanol–water partition coefficient (Wildman–Crippen LogP) is 3.50. The van der Waals surface area contributed by atoms with Crippen molar-refractivity contribution >= 4 is 11.8 Å². The molecule has 104 valence electrons. The van der Waals surface area contributed by atoms with Crippen molar-refractivity contribution in [2.75, 3.05) is 12.3 Å². The third-order valence-electron chi connectivity index (χ3n) is 2.71. The molecule has 0 atom stereocenters. The summed E-state index contributed by atoms with van der Waals surface area (Å²) in [6, 6.07) is 3.08. The first-order valence-electron chi connectivity index (χ1n) is 6.01. The van der Waals surface area contributed by atoms with Gasteiger partial charge < -0.3 is 5.32 Å². The van der Waals surface area contributed by atoms with Gasteiger partial charge in [0.25, 0.3) is 0 Å². The lowest BCUT2D eigenvalue weighted by atomic mass is 10.3. The van der Waals surface area contributed by atoms with Gasteiger partial charge >= 0.3 is 6.18 Å². The minimum atomic E-state index is -4.33. The average molecular weight is 288 g/mol. The van der Waals surface area contributed by atoms with E-state index < -0.39 is 11.7 Å². The van der Waals surface area contributed by atoms with Crippen molar-refractivity contribution in [3.8, 4) is 0 Å². The number of thioether (sulfide) groups is 1. The van der Waals surface area contributed by atoms with E-state index in [1.807, 2.05) is 0 Å².